The molecule has 0 spiro atoms. The van der Waals surface area contributed by atoms with Crippen molar-refractivity contribution in [3.05, 3.63) is 29.3 Å². The average Bonchev–Trinajstić information content (AvgIpc) is 2.35. The van der Waals surface area contributed by atoms with Crippen LogP contribution in [0.15, 0.2) is 17.0 Å². The van der Waals surface area contributed by atoms with Gasteiger partial charge >= 0.3 is 5.97 Å². The summed E-state index contributed by atoms with van der Waals surface area (Å²) in [6.07, 6.45) is 1.37. The van der Waals surface area contributed by atoms with Crippen LogP contribution in [-0.2, 0) is 20.8 Å². The van der Waals surface area contributed by atoms with Crippen LogP contribution in [0.4, 0.5) is 8.78 Å². The molecule has 0 saturated carbocycles. The average molecular weight is 341 g/mol. The van der Waals surface area contributed by atoms with Gasteiger partial charge in [0.25, 0.3) is 0 Å². The molecule has 10 heteroatoms. The SMILES string of the molecule is CC(CNS(=O)(=O)c1ccc(F)c(C(=O)O)c1F)S(C)=O. The molecule has 0 heterocycles. The van der Waals surface area contributed by atoms with Crippen LogP contribution in [0.25, 0.3) is 0 Å². The van der Waals surface area contributed by atoms with Crippen LogP contribution in [-0.4, -0.2) is 41.8 Å². The number of carbonyl (C=O) groups is 1. The zero-order valence-corrected chi connectivity index (χ0v) is 12.7. The first-order valence-corrected chi connectivity index (χ1v) is 8.71. The third-order valence-electron chi connectivity index (χ3n) is 2.69. The summed E-state index contributed by atoms with van der Waals surface area (Å²) < 4.78 is 64.0. The molecule has 2 unspecified atom stereocenters. The number of carboxylic acids is 1. The fraction of sp³-hybridized carbons (Fsp3) is 0.364. The van der Waals surface area contributed by atoms with Crippen molar-refractivity contribution in [1.29, 1.82) is 0 Å². The molecule has 21 heavy (non-hydrogen) atoms. The molecule has 1 rings (SSSR count). The van der Waals surface area contributed by atoms with Crippen LogP contribution in [0, 0.1) is 11.6 Å². The molecule has 2 N–H and O–H groups in total. The summed E-state index contributed by atoms with van der Waals surface area (Å²) in [5.74, 6) is -4.97. The number of aromatic carboxylic acids is 1. The lowest BCUT2D eigenvalue weighted by Crippen LogP contribution is -2.33. The van der Waals surface area contributed by atoms with Crippen LogP contribution in [0.2, 0.25) is 0 Å². The summed E-state index contributed by atoms with van der Waals surface area (Å²) in [6.45, 7) is 1.28. The molecule has 0 aliphatic carbocycles. The largest absolute Gasteiger partial charge is 0.477 e. The van der Waals surface area contributed by atoms with Crippen molar-refractivity contribution in [2.45, 2.75) is 17.1 Å². The van der Waals surface area contributed by atoms with E-state index in [0.29, 0.717) is 12.1 Å². The Balaban J connectivity index is 3.18. The van der Waals surface area contributed by atoms with Crippen LogP contribution in [0.1, 0.15) is 17.3 Å². The minimum absolute atomic E-state index is 0.231. The quantitative estimate of drug-likeness (QED) is 0.794. The van der Waals surface area contributed by atoms with Gasteiger partial charge in [0.1, 0.15) is 16.3 Å². The van der Waals surface area contributed by atoms with E-state index in [1.54, 1.807) is 0 Å². The number of benzene rings is 1. The highest BCUT2D eigenvalue weighted by Crippen LogP contribution is 2.21. The van der Waals surface area contributed by atoms with Gasteiger partial charge in [-0.3, -0.25) is 4.21 Å². The van der Waals surface area contributed by atoms with E-state index in [4.69, 9.17) is 5.11 Å². The second-order valence-electron chi connectivity index (χ2n) is 4.20. The van der Waals surface area contributed by atoms with Crippen LogP contribution in [0.5, 0.6) is 0 Å². The Hall–Kier alpha value is -1.39. The van der Waals surface area contributed by atoms with Crippen LogP contribution >= 0.6 is 0 Å². The van der Waals surface area contributed by atoms with Gasteiger partial charge in [-0.1, -0.05) is 0 Å². The zero-order valence-electron chi connectivity index (χ0n) is 11.1. The normalized spacial score (nSPS) is 14.7. The second-order valence-corrected chi connectivity index (χ2v) is 7.74. The van der Waals surface area contributed by atoms with Gasteiger partial charge in [0.15, 0.2) is 5.82 Å². The van der Waals surface area contributed by atoms with Crippen molar-refractivity contribution in [1.82, 2.24) is 4.72 Å². The molecule has 0 aliphatic rings. The lowest BCUT2D eigenvalue weighted by Gasteiger charge is -2.12. The highest BCUT2D eigenvalue weighted by Gasteiger charge is 2.27. The smallest absolute Gasteiger partial charge is 0.341 e. The molecule has 0 aromatic heterocycles. The van der Waals surface area contributed by atoms with E-state index in [1.165, 1.54) is 13.2 Å². The van der Waals surface area contributed by atoms with Crippen LogP contribution in [0.3, 0.4) is 0 Å². The van der Waals surface area contributed by atoms with Crippen molar-refractivity contribution in [3.63, 3.8) is 0 Å². The van der Waals surface area contributed by atoms with Crippen molar-refractivity contribution in [2.75, 3.05) is 12.8 Å². The monoisotopic (exact) mass is 341 g/mol. The Morgan fingerprint density at radius 1 is 1.43 bits per heavy atom. The number of hydrogen-bond acceptors (Lipinski definition) is 4. The summed E-state index contributed by atoms with van der Waals surface area (Å²) in [6, 6.07) is 1.19. The topological polar surface area (TPSA) is 101 Å². The van der Waals surface area contributed by atoms with Gasteiger partial charge < -0.3 is 5.11 Å². The van der Waals surface area contributed by atoms with Crippen molar-refractivity contribution < 1.29 is 31.3 Å². The minimum Gasteiger partial charge on any atom is -0.477 e. The molecule has 0 bridgehead atoms. The third-order valence-corrected chi connectivity index (χ3v) is 5.43. The molecule has 2 atom stereocenters. The molecule has 0 radical (unpaired) electrons. The Kier molecular flexibility index (Phi) is 5.54. The highest BCUT2D eigenvalue weighted by atomic mass is 32.2. The number of hydrogen-bond donors (Lipinski definition) is 2. The maximum Gasteiger partial charge on any atom is 0.341 e. The Bertz CT molecular complexity index is 690. The fourth-order valence-electron chi connectivity index (χ4n) is 1.36. The Morgan fingerprint density at radius 2 is 2.00 bits per heavy atom. The Morgan fingerprint density at radius 3 is 2.48 bits per heavy atom. The molecule has 0 aliphatic heterocycles. The van der Waals surface area contributed by atoms with E-state index in [2.05, 4.69) is 0 Å². The number of rotatable bonds is 6. The molecule has 6 nitrogen and oxygen atoms in total. The maximum atomic E-state index is 13.9. The molecular formula is C11H13F2NO5S2. The minimum atomic E-state index is -4.38. The molecule has 0 saturated heterocycles. The second kappa shape index (κ2) is 6.58. The molecule has 0 amide bonds. The van der Waals surface area contributed by atoms with E-state index in [-0.39, 0.29) is 6.54 Å². The van der Waals surface area contributed by atoms with E-state index in [9.17, 15) is 26.2 Å². The molecule has 118 valence electrons. The van der Waals surface area contributed by atoms with Gasteiger partial charge in [0.05, 0.1) is 0 Å². The summed E-state index contributed by atoms with van der Waals surface area (Å²) in [4.78, 5) is 9.77. The number of nitrogens with one attached hydrogen (secondary N) is 1. The third kappa shape index (κ3) is 4.05. The molecule has 1 aromatic rings. The van der Waals surface area contributed by atoms with E-state index in [0.717, 1.165) is 0 Å². The molecular weight excluding hydrogens is 328 g/mol. The van der Waals surface area contributed by atoms with Crippen molar-refractivity contribution in [3.8, 4) is 0 Å². The van der Waals surface area contributed by atoms with E-state index >= 15 is 0 Å². The zero-order chi connectivity index (χ0) is 16.4. The maximum absolute atomic E-state index is 13.9. The molecule has 0 fully saturated rings. The first kappa shape index (κ1) is 17.7. The first-order chi connectivity index (χ1) is 9.58. The van der Waals surface area contributed by atoms with Gasteiger partial charge in [-0.25, -0.2) is 26.7 Å². The van der Waals surface area contributed by atoms with Gasteiger partial charge in [0.2, 0.25) is 10.0 Å². The van der Waals surface area contributed by atoms with Gasteiger partial charge in [-0.2, -0.15) is 0 Å². The van der Waals surface area contributed by atoms with Gasteiger partial charge in [-0.15, -0.1) is 0 Å². The summed E-state index contributed by atoms with van der Waals surface area (Å²) in [5.41, 5.74) is -1.34. The van der Waals surface area contributed by atoms with E-state index in [1.807, 2.05) is 4.72 Å². The predicted octanol–water partition coefficient (Wildman–Crippen LogP) is 0.708. The first-order valence-electron chi connectivity index (χ1n) is 5.61. The van der Waals surface area contributed by atoms with Crippen molar-refractivity contribution >= 4 is 26.8 Å². The summed E-state index contributed by atoms with van der Waals surface area (Å²) in [5, 5.41) is 8.17. The van der Waals surface area contributed by atoms with Gasteiger partial charge in [0, 0.05) is 28.9 Å². The van der Waals surface area contributed by atoms with Crippen molar-refractivity contribution in [2.24, 2.45) is 0 Å². The number of carboxylic acid groups (broad SMARTS) is 1. The standard InChI is InChI=1S/C11H13F2NO5S2/c1-6(20(2)17)5-14-21(18,19)8-4-3-7(12)9(10(8)13)11(15)16/h3-4,6,14H,5H2,1-2H3,(H,15,16). The van der Waals surface area contributed by atoms with Crippen LogP contribution < -0.4 is 4.72 Å². The molecule has 1 aromatic carbocycles. The van der Waals surface area contributed by atoms with Gasteiger partial charge in [-0.05, 0) is 19.1 Å². The number of halogens is 2. The summed E-state index contributed by atoms with van der Waals surface area (Å²) >= 11 is 0. The fourth-order valence-corrected chi connectivity index (χ4v) is 2.99. The highest BCUT2D eigenvalue weighted by molar-refractivity contribution is 7.89. The summed E-state index contributed by atoms with van der Waals surface area (Å²) in [7, 11) is -5.68. The lowest BCUT2D eigenvalue weighted by molar-refractivity contribution is 0.0685. The number of sulfonamides is 1. The predicted molar refractivity (Wildman–Crippen MR) is 72.0 cm³/mol. The lowest BCUT2D eigenvalue weighted by atomic mass is 10.2. The Labute approximate surface area is 122 Å². The van der Waals surface area contributed by atoms with E-state index < -0.39 is 54.1 Å².